The van der Waals surface area contributed by atoms with Crippen molar-refractivity contribution >= 4 is 29.2 Å². The lowest BCUT2D eigenvalue weighted by Crippen LogP contribution is -2.10. The molecule has 0 aliphatic carbocycles. The first-order valence-electron chi connectivity index (χ1n) is 5.95. The number of carboxylic acids is 1. The molecule has 0 fully saturated rings. The lowest BCUT2D eigenvalue weighted by Gasteiger charge is -2.09. The van der Waals surface area contributed by atoms with E-state index in [9.17, 15) is 4.79 Å². The van der Waals surface area contributed by atoms with Gasteiger partial charge in [-0.1, -0.05) is 23.2 Å². The topological polar surface area (TPSA) is 68.7 Å². The minimum atomic E-state index is -1.06. The van der Waals surface area contributed by atoms with Gasteiger partial charge < -0.3 is 14.6 Å². The number of benzene rings is 1. The van der Waals surface area contributed by atoms with Crippen molar-refractivity contribution in [3.63, 3.8) is 0 Å². The maximum Gasteiger partial charge on any atom is 0.337 e. The predicted molar refractivity (Wildman–Crippen MR) is 78.6 cm³/mol. The predicted octanol–water partition coefficient (Wildman–Crippen LogP) is 3.54. The van der Waals surface area contributed by atoms with Crippen LogP contribution in [-0.4, -0.2) is 29.3 Å². The van der Waals surface area contributed by atoms with Gasteiger partial charge in [0.25, 0.3) is 0 Å². The fourth-order valence-corrected chi connectivity index (χ4v) is 1.98. The molecule has 7 heteroatoms. The third-order valence-electron chi connectivity index (χ3n) is 2.46. The second-order valence-corrected chi connectivity index (χ2v) is 4.83. The van der Waals surface area contributed by atoms with E-state index in [1.165, 1.54) is 18.5 Å². The van der Waals surface area contributed by atoms with Gasteiger partial charge in [0, 0.05) is 11.2 Å². The highest BCUT2D eigenvalue weighted by Crippen LogP contribution is 2.27. The largest absolute Gasteiger partial charge is 0.488 e. The zero-order chi connectivity index (χ0) is 15.2. The summed E-state index contributed by atoms with van der Waals surface area (Å²) in [6.07, 6.45) is 2.68. The standard InChI is InChI=1S/C14H11Cl2NO4/c15-10-1-2-13(12(16)6-10)21-4-3-20-11-5-9(14(18)19)7-17-8-11/h1-2,5-8H,3-4H2,(H,18,19). The lowest BCUT2D eigenvalue weighted by molar-refractivity contribution is 0.0696. The molecule has 1 aromatic carbocycles. The maximum atomic E-state index is 10.8. The second-order valence-electron chi connectivity index (χ2n) is 3.99. The number of pyridine rings is 1. The highest BCUT2D eigenvalue weighted by molar-refractivity contribution is 6.35. The molecule has 1 N–H and O–H groups in total. The average molecular weight is 328 g/mol. The Bertz CT molecular complexity index is 649. The fourth-order valence-electron chi connectivity index (χ4n) is 1.52. The van der Waals surface area contributed by atoms with E-state index in [4.69, 9.17) is 37.8 Å². The molecule has 2 aromatic rings. The molecule has 5 nitrogen and oxygen atoms in total. The highest BCUT2D eigenvalue weighted by atomic mass is 35.5. The van der Waals surface area contributed by atoms with E-state index < -0.39 is 5.97 Å². The SMILES string of the molecule is O=C(O)c1cncc(OCCOc2ccc(Cl)cc2Cl)c1. The molecule has 0 saturated heterocycles. The number of hydrogen-bond acceptors (Lipinski definition) is 4. The maximum absolute atomic E-state index is 10.8. The molecule has 21 heavy (non-hydrogen) atoms. The number of aromatic carboxylic acids is 1. The van der Waals surface area contributed by atoms with E-state index >= 15 is 0 Å². The lowest BCUT2D eigenvalue weighted by atomic mass is 10.3. The minimum absolute atomic E-state index is 0.0640. The van der Waals surface area contributed by atoms with Gasteiger partial charge in [0.15, 0.2) is 0 Å². The summed E-state index contributed by atoms with van der Waals surface area (Å²) in [6, 6.07) is 6.31. The number of nitrogens with zero attached hydrogens (tertiary/aromatic N) is 1. The van der Waals surface area contributed by atoms with Crippen LogP contribution >= 0.6 is 23.2 Å². The Hall–Kier alpha value is -1.98. The molecule has 0 aliphatic rings. The van der Waals surface area contributed by atoms with Crippen LogP contribution in [0.4, 0.5) is 0 Å². The number of carbonyl (C=O) groups is 1. The van der Waals surface area contributed by atoms with Crippen LogP contribution < -0.4 is 9.47 Å². The van der Waals surface area contributed by atoms with Crippen LogP contribution in [0.1, 0.15) is 10.4 Å². The first-order valence-corrected chi connectivity index (χ1v) is 6.71. The first-order chi connectivity index (χ1) is 10.1. The summed E-state index contributed by atoms with van der Waals surface area (Å²) in [7, 11) is 0. The molecule has 110 valence electrons. The van der Waals surface area contributed by atoms with Gasteiger partial charge in [0.1, 0.15) is 24.7 Å². The van der Waals surface area contributed by atoms with Gasteiger partial charge in [-0.2, -0.15) is 0 Å². The second kappa shape index (κ2) is 7.15. The summed E-state index contributed by atoms with van der Waals surface area (Å²) < 4.78 is 10.8. The summed E-state index contributed by atoms with van der Waals surface area (Å²) >= 11 is 11.7. The van der Waals surface area contributed by atoms with E-state index in [2.05, 4.69) is 4.98 Å². The monoisotopic (exact) mass is 327 g/mol. The molecule has 0 unspecified atom stereocenters. The summed E-state index contributed by atoms with van der Waals surface area (Å²) in [5.41, 5.74) is 0.0640. The Morgan fingerprint density at radius 1 is 1.14 bits per heavy atom. The molecule has 1 aromatic heterocycles. The van der Waals surface area contributed by atoms with Crippen molar-refractivity contribution in [2.45, 2.75) is 0 Å². The van der Waals surface area contributed by atoms with Gasteiger partial charge in [-0.05, 0) is 24.3 Å². The van der Waals surface area contributed by atoms with E-state index in [1.54, 1.807) is 18.2 Å². The smallest absolute Gasteiger partial charge is 0.337 e. The number of ether oxygens (including phenoxy) is 2. The molecule has 0 aliphatic heterocycles. The Balaban J connectivity index is 1.84. The zero-order valence-corrected chi connectivity index (χ0v) is 12.3. The number of rotatable bonds is 6. The van der Waals surface area contributed by atoms with Crippen molar-refractivity contribution < 1.29 is 19.4 Å². The molecule has 0 amide bonds. The molecule has 0 atom stereocenters. The normalized spacial score (nSPS) is 10.2. The fraction of sp³-hybridized carbons (Fsp3) is 0.143. The zero-order valence-electron chi connectivity index (χ0n) is 10.8. The quantitative estimate of drug-likeness (QED) is 0.822. The van der Waals surface area contributed by atoms with E-state index in [-0.39, 0.29) is 18.8 Å². The number of halogens is 2. The summed E-state index contributed by atoms with van der Waals surface area (Å²) in [5.74, 6) is -0.195. The van der Waals surface area contributed by atoms with Crippen LogP contribution in [-0.2, 0) is 0 Å². The molecule has 2 rings (SSSR count). The summed E-state index contributed by atoms with van der Waals surface area (Å²) in [5, 5.41) is 9.78. The van der Waals surface area contributed by atoms with Crippen LogP contribution in [0.15, 0.2) is 36.7 Å². The van der Waals surface area contributed by atoms with Crippen molar-refractivity contribution in [3.8, 4) is 11.5 Å². The Morgan fingerprint density at radius 3 is 2.62 bits per heavy atom. The Labute approximate surface area is 131 Å². The van der Waals surface area contributed by atoms with Crippen LogP contribution in [0.2, 0.25) is 10.0 Å². The van der Waals surface area contributed by atoms with Gasteiger partial charge >= 0.3 is 5.97 Å². The summed E-state index contributed by atoms with van der Waals surface area (Å²) in [4.78, 5) is 14.6. The molecular weight excluding hydrogens is 317 g/mol. The third kappa shape index (κ3) is 4.51. The molecule has 0 saturated carbocycles. The van der Waals surface area contributed by atoms with Crippen molar-refractivity contribution in [1.82, 2.24) is 4.98 Å². The Kier molecular flexibility index (Phi) is 5.25. The van der Waals surface area contributed by atoms with Gasteiger partial charge in [-0.3, -0.25) is 4.98 Å². The molecule has 0 spiro atoms. The van der Waals surface area contributed by atoms with Crippen molar-refractivity contribution in [1.29, 1.82) is 0 Å². The van der Waals surface area contributed by atoms with Gasteiger partial charge in [-0.25, -0.2) is 4.79 Å². The summed E-state index contributed by atoms with van der Waals surface area (Å²) in [6.45, 7) is 0.475. The highest BCUT2D eigenvalue weighted by Gasteiger charge is 2.05. The van der Waals surface area contributed by atoms with E-state index in [1.807, 2.05) is 0 Å². The van der Waals surface area contributed by atoms with Crippen LogP contribution in [0.3, 0.4) is 0 Å². The van der Waals surface area contributed by atoms with Gasteiger partial charge in [-0.15, -0.1) is 0 Å². The van der Waals surface area contributed by atoms with Crippen LogP contribution in [0, 0.1) is 0 Å². The minimum Gasteiger partial charge on any atom is -0.488 e. The van der Waals surface area contributed by atoms with Gasteiger partial charge in [0.05, 0.1) is 16.8 Å². The Morgan fingerprint density at radius 2 is 1.90 bits per heavy atom. The van der Waals surface area contributed by atoms with Crippen LogP contribution in [0.25, 0.3) is 0 Å². The number of aromatic nitrogens is 1. The van der Waals surface area contributed by atoms with Gasteiger partial charge in [0.2, 0.25) is 0 Å². The first kappa shape index (κ1) is 15.4. The molecular formula is C14H11Cl2NO4. The van der Waals surface area contributed by atoms with E-state index in [0.717, 1.165) is 0 Å². The van der Waals surface area contributed by atoms with Crippen LogP contribution in [0.5, 0.6) is 11.5 Å². The van der Waals surface area contributed by atoms with Crippen molar-refractivity contribution in [2.24, 2.45) is 0 Å². The molecule has 0 bridgehead atoms. The average Bonchev–Trinajstić information content (AvgIpc) is 2.45. The number of hydrogen-bond donors (Lipinski definition) is 1. The van der Waals surface area contributed by atoms with Crippen molar-refractivity contribution in [3.05, 3.63) is 52.3 Å². The molecule has 0 radical (unpaired) electrons. The number of carboxylic acid groups (broad SMARTS) is 1. The molecule has 1 heterocycles. The van der Waals surface area contributed by atoms with Crippen molar-refractivity contribution in [2.75, 3.05) is 13.2 Å². The van der Waals surface area contributed by atoms with E-state index in [0.29, 0.717) is 21.5 Å². The third-order valence-corrected chi connectivity index (χ3v) is 2.99.